The van der Waals surface area contributed by atoms with Gasteiger partial charge in [-0.3, -0.25) is 0 Å². The lowest BCUT2D eigenvalue weighted by Gasteiger charge is -2.09. The summed E-state index contributed by atoms with van der Waals surface area (Å²) in [6.07, 6.45) is 13.2. The van der Waals surface area contributed by atoms with Crippen molar-refractivity contribution in [1.29, 1.82) is 0 Å². The van der Waals surface area contributed by atoms with Gasteiger partial charge < -0.3 is 5.11 Å². The van der Waals surface area contributed by atoms with E-state index < -0.39 is 0 Å². The SMILES string of the molecule is CCCCCCCCC(O)CCCSC. The minimum Gasteiger partial charge on any atom is -0.393 e. The van der Waals surface area contributed by atoms with E-state index >= 15 is 0 Å². The van der Waals surface area contributed by atoms with E-state index in [1.165, 1.54) is 44.3 Å². The Bertz CT molecular complexity index is 117. The lowest BCUT2D eigenvalue weighted by Crippen LogP contribution is -2.06. The van der Waals surface area contributed by atoms with Crippen LogP contribution in [0.2, 0.25) is 0 Å². The van der Waals surface area contributed by atoms with Crippen molar-refractivity contribution in [2.24, 2.45) is 0 Å². The summed E-state index contributed by atoms with van der Waals surface area (Å²) >= 11 is 1.87. The number of aliphatic hydroxyl groups excluding tert-OH is 1. The van der Waals surface area contributed by atoms with Crippen LogP contribution in [0.1, 0.15) is 64.7 Å². The van der Waals surface area contributed by atoms with Crippen LogP contribution in [0, 0.1) is 0 Å². The molecular formula is C13H28OS. The molecule has 0 fully saturated rings. The maximum Gasteiger partial charge on any atom is 0.0540 e. The molecule has 1 unspecified atom stereocenters. The van der Waals surface area contributed by atoms with E-state index in [1.807, 2.05) is 11.8 Å². The van der Waals surface area contributed by atoms with Gasteiger partial charge in [0, 0.05) is 0 Å². The van der Waals surface area contributed by atoms with Gasteiger partial charge in [-0.25, -0.2) is 0 Å². The minimum absolute atomic E-state index is 0.0386. The Morgan fingerprint density at radius 2 is 1.53 bits per heavy atom. The highest BCUT2D eigenvalue weighted by Gasteiger charge is 2.02. The summed E-state index contributed by atoms with van der Waals surface area (Å²) in [4.78, 5) is 0. The Kier molecular flexibility index (Phi) is 12.6. The smallest absolute Gasteiger partial charge is 0.0540 e. The Hall–Kier alpha value is 0.310. The third-order valence-electron chi connectivity index (χ3n) is 2.78. The number of thioether (sulfide) groups is 1. The highest BCUT2D eigenvalue weighted by atomic mass is 32.2. The Labute approximate surface area is 100 Å². The van der Waals surface area contributed by atoms with Gasteiger partial charge in [-0.05, 0) is 31.3 Å². The van der Waals surface area contributed by atoms with E-state index in [1.54, 1.807) is 0 Å². The highest BCUT2D eigenvalue weighted by molar-refractivity contribution is 7.98. The van der Waals surface area contributed by atoms with Gasteiger partial charge in [0.1, 0.15) is 0 Å². The Morgan fingerprint density at radius 1 is 0.933 bits per heavy atom. The van der Waals surface area contributed by atoms with Crippen molar-refractivity contribution in [3.63, 3.8) is 0 Å². The van der Waals surface area contributed by atoms with Crippen LogP contribution in [0.25, 0.3) is 0 Å². The number of hydrogen-bond acceptors (Lipinski definition) is 2. The summed E-state index contributed by atoms with van der Waals surface area (Å²) in [6, 6.07) is 0. The molecule has 0 aromatic heterocycles. The van der Waals surface area contributed by atoms with Gasteiger partial charge in [0.15, 0.2) is 0 Å². The predicted molar refractivity (Wildman–Crippen MR) is 71.6 cm³/mol. The molecule has 0 saturated heterocycles. The van der Waals surface area contributed by atoms with E-state index in [-0.39, 0.29) is 6.10 Å². The number of hydrogen-bond donors (Lipinski definition) is 1. The monoisotopic (exact) mass is 232 g/mol. The first-order valence-electron chi connectivity index (χ1n) is 6.48. The second kappa shape index (κ2) is 12.4. The largest absolute Gasteiger partial charge is 0.393 e. The first kappa shape index (κ1) is 15.3. The third kappa shape index (κ3) is 12.2. The maximum absolute atomic E-state index is 9.67. The predicted octanol–water partition coefficient (Wildman–Crippen LogP) is 4.24. The van der Waals surface area contributed by atoms with Crippen molar-refractivity contribution in [3.8, 4) is 0 Å². The van der Waals surface area contributed by atoms with Crippen molar-refractivity contribution in [2.45, 2.75) is 70.8 Å². The van der Waals surface area contributed by atoms with Crippen molar-refractivity contribution in [3.05, 3.63) is 0 Å². The van der Waals surface area contributed by atoms with E-state index in [2.05, 4.69) is 13.2 Å². The zero-order chi connectivity index (χ0) is 11.4. The van der Waals surface area contributed by atoms with E-state index in [0.29, 0.717) is 0 Å². The van der Waals surface area contributed by atoms with Crippen LogP contribution in [-0.2, 0) is 0 Å². The Morgan fingerprint density at radius 3 is 2.20 bits per heavy atom. The summed E-state index contributed by atoms with van der Waals surface area (Å²) in [5.74, 6) is 1.19. The normalized spacial score (nSPS) is 13.0. The van der Waals surface area contributed by atoms with Crippen LogP contribution in [0.3, 0.4) is 0 Å². The van der Waals surface area contributed by atoms with Gasteiger partial charge in [-0.1, -0.05) is 45.4 Å². The molecule has 1 atom stereocenters. The fourth-order valence-electron chi connectivity index (χ4n) is 1.77. The molecule has 0 heterocycles. The first-order valence-corrected chi connectivity index (χ1v) is 7.87. The average Bonchev–Trinajstić information content (AvgIpc) is 2.23. The molecule has 0 bridgehead atoms. The van der Waals surface area contributed by atoms with Gasteiger partial charge in [-0.2, -0.15) is 11.8 Å². The molecule has 0 spiro atoms. The molecule has 15 heavy (non-hydrogen) atoms. The topological polar surface area (TPSA) is 20.2 Å². The molecule has 0 rings (SSSR count). The quantitative estimate of drug-likeness (QED) is 0.538. The number of aliphatic hydroxyl groups is 1. The Balaban J connectivity index is 3.06. The van der Waals surface area contributed by atoms with E-state index in [0.717, 1.165) is 19.3 Å². The van der Waals surface area contributed by atoms with Crippen LogP contribution < -0.4 is 0 Å². The molecule has 0 aliphatic heterocycles. The van der Waals surface area contributed by atoms with Crippen LogP contribution in [-0.4, -0.2) is 23.2 Å². The van der Waals surface area contributed by atoms with Crippen LogP contribution >= 0.6 is 11.8 Å². The van der Waals surface area contributed by atoms with Crippen molar-refractivity contribution >= 4 is 11.8 Å². The minimum atomic E-state index is -0.0386. The second-order valence-electron chi connectivity index (χ2n) is 4.35. The van der Waals surface area contributed by atoms with Gasteiger partial charge in [0.25, 0.3) is 0 Å². The van der Waals surface area contributed by atoms with Crippen LogP contribution in [0.5, 0.6) is 0 Å². The summed E-state index contributed by atoms with van der Waals surface area (Å²) in [7, 11) is 0. The first-order chi connectivity index (χ1) is 7.31. The number of unbranched alkanes of at least 4 members (excludes halogenated alkanes) is 5. The maximum atomic E-state index is 9.67. The zero-order valence-electron chi connectivity index (χ0n) is 10.5. The summed E-state index contributed by atoms with van der Waals surface area (Å²) in [6.45, 7) is 2.25. The molecule has 0 saturated carbocycles. The molecule has 0 amide bonds. The molecule has 0 radical (unpaired) electrons. The fraction of sp³-hybridized carbons (Fsp3) is 1.00. The summed E-state index contributed by atoms with van der Waals surface area (Å²) in [5, 5.41) is 9.67. The van der Waals surface area contributed by atoms with Gasteiger partial charge >= 0.3 is 0 Å². The molecule has 1 nitrogen and oxygen atoms in total. The van der Waals surface area contributed by atoms with E-state index in [9.17, 15) is 5.11 Å². The lowest BCUT2D eigenvalue weighted by atomic mass is 10.0. The summed E-state index contributed by atoms with van der Waals surface area (Å²) < 4.78 is 0. The lowest BCUT2D eigenvalue weighted by molar-refractivity contribution is 0.150. The average molecular weight is 232 g/mol. The van der Waals surface area contributed by atoms with Crippen LogP contribution in [0.4, 0.5) is 0 Å². The van der Waals surface area contributed by atoms with E-state index in [4.69, 9.17) is 0 Å². The molecule has 0 aromatic carbocycles. The molecule has 2 heteroatoms. The van der Waals surface area contributed by atoms with Gasteiger partial charge in [-0.15, -0.1) is 0 Å². The number of rotatable bonds is 11. The van der Waals surface area contributed by atoms with Gasteiger partial charge in [0.2, 0.25) is 0 Å². The molecule has 0 aromatic rings. The second-order valence-corrected chi connectivity index (χ2v) is 5.33. The zero-order valence-corrected chi connectivity index (χ0v) is 11.3. The van der Waals surface area contributed by atoms with Crippen molar-refractivity contribution in [2.75, 3.05) is 12.0 Å². The van der Waals surface area contributed by atoms with Crippen LogP contribution in [0.15, 0.2) is 0 Å². The van der Waals surface area contributed by atoms with Crippen molar-refractivity contribution < 1.29 is 5.11 Å². The fourth-order valence-corrected chi connectivity index (χ4v) is 2.22. The van der Waals surface area contributed by atoms with Gasteiger partial charge in [0.05, 0.1) is 6.10 Å². The standard InChI is InChI=1S/C13H28OS/c1-3-4-5-6-7-8-10-13(14)11-9-12-15-2/h13-14H,3-12H2,1-2H3. The molecule has 1 N–H and O–H groups in total. The highest BCUT2D eigenvalue weighted by Crippen LogP contribution is 2.12. The molecule has 0 aliphatic carbocycles. The molecular weight excluding hydrogens is 204 g/mol. The molecule has 92 valence electrons. The van der Waals surface area contributed by atoms with Crippen molar-refractivity contribution in [1.82, 2.24) is 0 Å². The molecule has 0 aliphatic rings. The summed E-state index contributed by atoms with van der Waals surface area (Å²) in [5.41, 5.74) is 0. The third-order valence-corrected chi connectivity index (χ3v) is 3.47.